The Hall–Kier alpha value is -2.12. The molecule has 1 amide bonds. The Kier molecular flexibility index (Phi) is 5.29. The molecule has 2 saturated heterocycles. The second-order valence-electron chi connectivity index (χ2n) is 7.84. The minimum absolute atomic E-state index is 0.0918. The zero-order valence-corrected chi connectivity index (χ0v) is 18.4. The summed E-state index contributed by atoms with van der Waals surface area (Å²) in [5.41, 5.74) is 5.21. The SMILES string of the molecule is Cc1ccc(CC(=O)N=C2S[C@H]3CS(=O)(=O)C[C@@H]3N2c2cccc(C)c2C)cc1. The predicted octanol–water partition coefficient (Wildman–Crippen LogP) is 3.46. The van der Waals surface area contributed by atoms with E-state index in [2.05, 4.69) is 4.99 Å². The molecule has 7 heteroatoms. The maximum atomic E-state index is 12.7. The van der Waals surface area contributed by atoms with E-state index < -0.39 is 9.84 Å². The number of sulfone groups is 1. The van der Waals surface area contributed by atoms with E-state index in [0.29, 0.717) is 5.17 Å². The van der Waals surface area contributed by atoms with Gasteiger partial charge in [0, 0.05) is 10.9 Å². The largest absolute Gasteiger partial charge is 0.315 e. The second kappa shape index (κ2) is 7.61. The van der Waals surface area contributed by atoms with Crippen molar-refractivity contribution in [3.05, 3.63) is 64.7 Å². The second-order valence-corrected chi connectivity index (χ2v) is 11.2. The number of carbonyl (C=O) groups is 1. The molecule has 152 valence electrons. The molecule has 0 saturated carbocycles. The number of amides is 1. The third-order valence-corrected chi connectivity index (χ3v) is 8.81. The standard InChI is InChI=1S/C22H24N2O3S2/c1-14-7-9-17(10-8-14)11-21(25)23-22-24(18-6-4-5-15(2)16(18)3)19-12-29(26,27)13-20(19)28-22/h4-10,19-20H,11-13H2,1-3H3/t19-,20-/m0/s1. The highest BCUT2D eigenvalue weighted by Crippen LogP contribution is 2.42. The molecular weight excluding hydrogens is 404 g/mol. The van der Waals surface area contributed by atoms with Crippen LogP contribution in [0.4, 0.5) is 5.69 Å². The molecule has 2 aliphatic heterocycles. The van der Waals surface area contributed by atoms with Crippen molar-refractivity contribution in [2.45, 2.75) is 38.5 Å². The van der Waals surface area contributed by atoms with Crippen molar-refractivity contribution in [3.63, 3.8) is 0 Å². The summed E-state index contributed by atoms with van der Waals surface area (Å²) in [4.78, 5) is 19.1. The van der Waals surface area contributed by atoms with Crippen molar-refractivity contribution in [3.8, 4) is 0 Å². The van der Waals surface area contributed by atoms with Gasteiger partial charge in [0.2, 0.25) is 0 Å². The van der Waals surface area contributed by atoms with Crippen LogP contribution in [0.2, 0.25) is 0 Å². The molecule has 0 N–H and O–H groups in total. The van der Waals surface area contributed by atoms with E-state index in [1.54, 1.807) is 0 Å². The van der Waals surface area contributed by atoms with Crippen LogP contribution in [0.1, 0.15) is 22.3 Å². The lowest BCUT2D eigenvalue weighted by atomic mass is 10.1. The fraction of sp³-hybridized carbons (Fsp3) is 0.364. The average molecular weight is 429 g/mol. The smallest absolute Gasteiger partial charge is 0.252 e. The maximum absolute atomic E-state index is 12.7. The average Bonchev–Trinajstić information content (AvgIpc) is 3.10. The topological polar surface area (TPSA) is 66.8 Å². The van der Waals surface area contributed by atoms with Gasteiger partial charge < -0.3 is 4.90 Å². The van der Waals surface area contributed by atoms with Crippen LogP contribution in [0.5, 0.6) is 0 Å². The zero-order valence-electron chi connectivity index (χ0n) is 16.8. The first-order valence-electron chi connectivity index (χ1n) is 9.63. The van der Waals surface area contributed by atoms with Gasteiger partial charge in [0.15, 0.2) is 15.0 Å². The summed E-state index contributed by atoms with van der Waals surface area (Å²) >= 11 is 1.42. The molecule has 0 bridgehead atoms. The van der Waals surface area contributed by atoms with E-state index in [1.807, 2.05) is 68.1 Å². The van der Waals surface area contributed by atoms with Gasteiger partial charge in [0.1, 0.15) is 0 Å². The van der Waals surface area contributed by atoms with Gasteiger partial charge in [0.25, 0.3) is 5.91 Å². The number of rotatable bonds is 3. The van der Waals surface area contributed by atoms with Crippen molar-refractivity contribution in [1.29, 1.82) is 0 Å². The molecule has 2 aromatic rings. The fourth-order valence-corrected chi connectivity index (χ4v) is 7.79. The quantitative estimate of drug-likeness (QED) is 0.749. The van der Waals surface area contributed by atoms with Crippen LogP contribution in [0.3, 0.4) is 0 Å². The molecule has 0 aliphatic carbocycles. The van der Waals surface area contributed by atoms with Crippen molar-refractivity contribution >= 4 is 38.4 Å². The first-order chi connectivity index (χ1) is 13.7. The Morgan fingerprint density at radius 2 is 1.83 bits per heavy atom. The van der Waals surface area contributed by atoms with Crippen molar-refractivity contribution in [2.24, 2.45) is 4.99 Å². The molecule has 5 nitrogen and oxygen atoms in total. The van der Waals surface area contributed by atoms with Gasteiger partial charge >= 0.3 is 0 Å². The van der Waals surface area contributed by atoms with Gasteiger partial charge in [-0.2, -0.15) is 4.99 Å². The van der Waals surface area contributed by atoms with Crippen molar-refractivity contribution in [2.75, 3.05) is 16.4 Å². The lowest BCUT2D eigenvalue weighted by Gasteiger charge is -2.26. The number of hydrogen-bond donors (Lipinski definition) is 0. The summed E-state index contributed by atoms with van der Waals surface area (Å²) < 4.78 is 24.4. The van der Waals surface area contributed by atoms with Crippen molar-refractivity contribution < 1.29 is 13.2 Å². The number of carbonyl (C=O) groups excluding carboxylic acids is 1. The monoisotopic (exact) mass is 428 g/mol. The van der Waals surface area contributed by atoms with Crippen LogP contribution in [0.15, 0.2) is 47.5 Å². The third-order valence-electron chi connectivity index (χ3n) is 5.60. The van der Waals surface area contributed by atoms with Crippen LogP contribution in [-0.4, -0.2) is 42.3 Å². The first kappa shape index (κ1) is 20.2. The first-order valence-corrected chi connectivity index (χ1v) is 12.3. The van der Waals surface area contributed by atoms with Crippen molar-refractivity contribution in [1.82, 2.24) is 0 Å². The minimum atomic E-state index is -3.08. The summed E-state index contributed by atoms with van der Waals surface area (Å²) in [5.74, 6) is 0.0208. The number of amidine groups is 1. The Balaban J connectivity index is 1.67. The van der Waals surface area contributed by atoms with E-state index in [4.69, 9.17) is 0 Å². The van der Waals surface area contributed by atoms with E-state index in [1.165, 1.54) is 11.8 Å². The van der Waals surface area contributed by atoms with E-state index in [-0.39, 0.29) is 35.1 Å². The summed E-state index contributed by atoms with van der Waals surface area (Å²) in [5, 5.41) is 0.520. The lowest BCUT2D eigenvalue weighted by molar-refractivity contribution is -0.117. The zero-order chi connectivity index (χ0) is 20.8. The van der Waals surface area contributed by atoms with Crippen LogP contribution in [-0.2, 0) is 21.1 Å². The number of aliphatic imine (C=N–C) groups is 1. The molecule has 2 atom stereocenters. The summed E-state index contributed by atoms with van der Waals surface area (Å²) in [6, 6.07) is 13.6. The lowest BCUT2D eigenvalue weighted by Crippen LogP contribution is -2.38. The number of thioether (sulfide) groups is 1. The molecule has 2 aliphatic rings. The molecule has 0 spiro atoms. The van der Waals surface area contributed by atoms with E-state index >= 15 is 0 Å². The fourth-order valence-electron chi connectivity index (χ4n) is 3.87. The van der Waals surface area contributed by atoms with Gasteiger partial charge in [-0.25, -0.2) is 8.42 Å². The van der Waals surface area contributed by atoms with Gasteiger partial charge in [-0.3, -0.25) is 4.79 Å². The summed E-state index contributed by atoms with van der Waals surface area (Å²) in [7, 11) is -3.08. The molecule has 0 unspecified atom stereocenters. The predicted molar refractivity (Wildman–Crippen MR) is 120 cm³/mol. The van der Waals surface area contributed by atoms with Gasteiger partial charge in [0.05, 0.1) is 24.0 Å². The Labute approximate surface area is 176 Å². The number of fused-ring (bicyclic) bond motifs is 1. The number of nitrogens with zero attached hydrogens (tertiary/aromatic N) is 2. The molecule has 0 radical (unpaired) electrons. The molecule has 0 aromatic heterocycles. The molecule has 4 rings (SSSR count). The highest BCUT2D eigenvalue weighted by atomic mass is 32.2. The molecule has 2 aromatic carbocycles. The van der Waals surface area contributed by atoms with Crippen LogP contribution >= 0.6 is 11.8 Å². The maximum Gasteiger partial charge on any atom is 0.252 e. The van der Waals surface area contributed by atoms with Crippen LogP contribution < -0.4 is 4.90 Å². The van der Waals surface area contributed by atoms with Gasteiger partial charge in [-0.1, -0.05) is 53.7 Å². The third kappa shape index (κ3) is 4.12. The van der Waals surface area contributed by atoms with Crippen LogP contribution in [0.25, 0.3) is 0 Å². The number of benzene rings is 2. The van der Waals surface area contributed by atoms with Gasteiger partial charge in [-0.15, -0.1) is 0 Å². The number of aryl methyl sites for hydroxylation is 2. The summed E-state index contributed by atoms with van der Waals surface area (Å²) in [6.07, 6.45) is 0.235. The molecular formula is C22H24N2O3S2. The highest BCUT2D eigenvalue weighted by molar-refractivity contribution is 8.16. The molecule has 2 heterocycles. The normalized spacial score (nSPS) is 24.1. The van der Waals surface area contributed by atoms with E-state index in [0.717, 1.165) is 27.9 Å². The Morgan fingerprint density at radius 1 is 1.10 bits per heavy atom. The molecule has 2 fully saturated rings. The summed E-state index contributed by atoms with van der Waals surface area (Å²) in [6.45, 7) is 6.07. The highest BCUT2D eigenvalue weighted by Gasteiger charge is 2.49. The minimum Gasteiger partial charge on any atom is -0.315 e. The van der Waals surface area contributed by atoms with Gasteiger partial charge in [-0.05, 0) is 43.5 Å². The number of hydrogen-bond acceptors (Lipinski definition) is 4. The van der Waals surface area contributed by atoms with E-state index in [9.17, 15) is 13.2 Å². The van der Waals surface area contributed by atoms with Crippen LogP contribution in [0, 0.1) is 20.8 Å². The Bertz CT molecular complexity index is 1090. The Morgan fingerprint density at radius 3 is 2.55 bits per heavy atom. The molecule has 29 heavy (non-hydrogen) atoms. The number of anilines is 1.